The predicted octanol–water partition coefficient (Wildman–Crippen LogP) is 3.70. The molecule has 0 saturated heterocycles. The van der Waals surface area contributed by atoms with Crippen LogP contribution in [-0.2, 0) is 11.2 Å². The van der Waals surface area contributed by atoms with Gasteiger partial charge in [0.15, 0.2) is 5.75 Å². The van der Waals surface area contributed by atoms with Gasteiger partial charge in [-0.2, -0.15) is 0 Å². The molecule has 126 valence electrons. The average Bonchev–Trinajstić information content (AvgIpc) is 2.48. The number of aromatic nitrogens is 1. The van der Waals surface area contributed by atoms with Gasteiger partial charge >= 0.3 is 12.2 Å². The van der Waals surface area contributed by atoms with Crippen molar-refractivity contribution in [3.05, 3.63) is 59.9 Å². The quantitative estimate of drug-likeness (QED) is 0.929. The van der Waals surface area contributed by atoms with Gasteiger partial charge in [-0.1, -0.05) is 30.3 Å². The van der Waals surface area contributed by atoms with Gasteiger partial charge in [0.25, 0.3) is 0 Å². The fraction of sp³-hybridized carbons (Fsp3) is 0.278. The lowest BCUT2D eigenvalue weighted by Crippen LogP contribution is -2.38. The lowest BCUT2D eigenvalue weighted by atomic mass is 10.1. The summed E-state index contributed by atoms with van der Waals surface area (Å²) >= 11 is 0. The topological polar surface area (TPSA) is 77.5 Å². The zero-order valence-electron chi connectivity index (χ0n) is 13.9. The number of nitrogens with one attached hydrogen (secondary N) is 1. The summed E-state index contributed by atoms with van der Waals surface area (Å²) in [5.41, 5.74) is 0.938. The Bertz CT molecular complexity index is 708. The summed E-state index contributed by atoms with van der Waals surface area (Å²) in [7, 11) is 0. The van der Waals surface area contributed by atoms with Crippen molar-refractivity contribution < 1.29 is 19.1 Å². The highest BCUT2D eigenvalue weighted by atomic mass is 16.6. The molecule has 2 aromatic rings. The largest absolute Gasteiger partial charge is 0.443 e. The second-order valence-corrected chi connectivity index (χ2v) is 6.13. The lowest BCUT2D eigenvalue weighted by Gasteiger charge is -2.19. The number of alkyl carbamates (subject to hydrolysis) is 1. The molecule has 0 aliphatic heterocycles. The maximum Gasteiger partial charge on any atom is 0.422 e. The average molecular weight is 328 g/mol. The minimum Gasteiger partial charge on any atom is -0.443 e. The van der Waals surface area contributed by atoms with Crippen LogP contribution in [0.4, 0.5) is 9.59 Å². The first-order valence-corrected chi connectivity index (χ1v) is 7.53. The summed E-state index contributed by atoms with van der Waals surface area (Å²) < 4.78 is 10.2. The van der Waals surface area contributed by atoms with E-state index in [1.54, 1.807) is 39.1 Å². The van der Waals surface area contributed by atoms with E-state index in [0.717, 1.165) is 5.56 Å². The molecule has 0 unspecified atom stereocenters. The van der Waals surface area contributed by atoms with Gasteiger partial charge in [-0.3, -0.25) is 4.98 Å². The SMILES string of the molecule is CC(C)(C)OC(=O)NC(=O)Oc1cccnc1Cc1ccccc1. The van der Waals surface area contributed by atoms with Crippen LogP contribution in [0.5, 0.6) is 5.75 Å². The first-order chi connectivity index (χ1) is 11.3. The predicted molar refractivity (Wildman–Crippen MR) is 88.9 cm³/mol. The molecule has 0 aliphatic rings. The maximum absolute atomic E-state index is 11.9. The summed E-state index contributed by atoms with van der Waals surface area (Å²) in [5.74, 6) is 0.294. The number of ether oxygens (including phenoxy) is 2. The Kier molecular flexibility index (Phi) is 5.52. The number of hydrogen-bond donors (Lipinski definition) is 1. The molecule has 0 bridgehead atoms. The summed E-state index contributed by atoms with van der Waals surface area (Å²) in [6.07, 6.45) is 0.362. The molecule has 24 heavy (non-hydrogen) atoms. The fourth-order valence-corrected chi connectivity index (χ4v) is 1.95. The summed E-state index contributed by atoms with van der Waals surface area (Å²) in [6, 6.07) is 13.0. The normalized spacial score (nSPS) is 10.8. The second-order valence-electron chi connectivity index (χ2n) is 6.13. The van der Waals surface area contributed by atoms with Crippen molar-refractivity contribution in [2.45, 2.75) is 32.8 Å². The molecule has 0 aliphatic carbocycles. The third kappa shape index (κ3) is 5.72. The highest BCUT2D eigenvalue weighted by molar-refractivity contribution is 5.88. The highest BCUT2D eigenvalue weighted by Crippen LogP contribution is 2.19. The van der Waals surface area contributed by atoms with Crippen LogP contribution in [0.15, 0.2) is 48.7 Å². The molecule has 0 spiro atoms. The van der Waals surface area contributed by atoms with Crippen LogP contribution in [-0.4, -0.2) is 22.8 Å². The Morgan fingerprint density at radius 3 is 2.42 bits per heavy atom. The van der Waals surface area contributed by atoms with Crippen molar-refractivity contribution in [2.75, 3.05) is 0 Å². The number of amides is 2. The molecule has 2 amide bonds. The molecule has 1 N–H and O–H groups in total. The summed E-state index contributed by atoms with van der Waals surface area (Å²) in [6.45, 7) is 5.12. The van der Waals surface area contributed by atoms with Crippen molar-refractivity contribution in [1.29, 1.82) is 0 Å². The Balaban J connectivity index is 2.02. The van der Waals surface area contributed by atoms with Gasteiger partial charge in [-0.15, -0.1) is 0 Å². The summed E-state index contributed by atoms with van der Waals surface area (Å²) in [5, 5.41) is 2.03. The van der Waals surface area contributed by atoms with Crippen molar-refractivity contribution in [3.8, 4) is 5.75 Å². The molecule has 6 nitrogen and oxygen atoms in total. The molecular formula is C18H20N2O4. The van der Waals surface area contributed by atoms with Gasteiger partial charge in [0.05, 0.1) is 5.69 Å². The molecule has 1 heterocycles. The Labute approximate surface area is 140 Å². The zero-order chi connectivity index (χ0) is 17.6. The van der Waals surface area contributed by atoms with Crippen LogP contribution < -0.4 is 10.1 Å². The lowest BCUT2D eigenvalue weighted by molar-refractivity contribution is 0.0533. The number of benzene rings is 1. The molecular weight excluding hydrogens is 308 g/mol. The molecule has 1 aromatic heterocycles. The molecule has 2 rings (SSSR count). The van der Waals surface area contributed by atoms with E-state index in [1.165, 1.54) is 0 Å². The molecule has 0 fully saturated rings. The number of pyridine rings is 1. The highest BCUT2D eigenvalue weighted by Gasteiger charge is 2.19. The first kappa shape index (κ1) is 17.5. The minimum absolute atomic E-state index is 0.294. The smallest absolute Gasteiger partial charge is 0.422 e. The molecule has 0 saturated carbocycles. The Morgan fingerprint density at radius 1 is 1.04 bits per heavy atom. The van der Waals surface area contributed by atoms with E-state index >= 15 is 0 Å². The van der Waals surface area contributed by atoms with E-state index in [1.807, 2.05) is 35.6 Å². The van der Waals surface area contributed by atoms with Crippen molar-refractivity contribution >= 4 is 12.2 Å². The standard InChI is InChI=1S/C18H20N2O4/c1-18(2,3)24-17(22)20-16(21)23-15-10-7-11-19-14(15)12-13-8-5-4-6-9-13/h4-11H,12H2,1-3H3,(H,20,21,22). The van der Waals surface area contributed by atoms with Crippen molar-refractivity contribution in [3.63, 3.8) is 0 Å². The van der Waals surface area contributed by atoms with Crippen LogP contribution in [0.2, 0.25) is 0 Å². The summed E-state index contributed by atoms with van der Waals surface area (Å²) in [4.78, 5) is 27.7. The van der Waals surface area contributed by atoms with Crippen LogP contribution in [0.25, 0.3) is 0 Å². The van der Waals surface area contributed by atoms with Crippen LogP contribution in [0.3, 0.4) is 0 Å². The van der Waals surface area contributed by atoms with Crippen molar-refractivity contribution in [1.82, 2.24) is 10.3 Å². The van der Waals surface area contributed by atoms with Crippen LogP contribution in [0, 0.1) is 0 Å². The number of carbonyl (C=O) groups excluding carboxylic acids is 2. The van der Waals surface area contributed by atoms with Gasteiger partial charge in [-0.25, -0.2) is 14.9 Å². The maximum atomic E-state index is 11.9. The van der Waals surface area contributed by atoms with E-state index in [-0.39, 0.29) is 0 Å². The van der Waals surface area contributed by atoms with E-state index in [2.05, 4.69) is 4.98 Å². The van der Waals surface area contributed by atoms with Gasteiger partial charge in [0, 0.05) is 12.6 Å². The van der Waals surface area contributed by atoms with Crippen LogP contribution in [0.1, 0.15) is 32.0 Å². The molecule has 0 atom stereocenters. The van der Waals surface area contributed by atoms with E-state index in [0.29, 0.717) is 17.9 Å². The van der Waals surface area contributed by atoms with Crippen LogP contribution >= 0.6 is 0 Å². The number of rotatable bonds is 3. The molecule has 6 heteroatoms. The van der Waals surface area contributed by atoms with Gasteiger partial charge in [0.1, 0.15) is 5.60 Å². The Hall–Kier alpha value is -2.89. The number of carbonyl (C=O) groups is 2. The first-order valence-electron chi connectivity index (χ1n) is 7.53. The zero-order valence-corrected chi connectivity index (χ0v) is 13.9. The Morgan fingerprint density at radius 2 is 1.75 bits per heavy atom. The van der Waals surface area contributed by atoms with E-state index in [4.69, 9.17) is 9.47 Å². The fourth-order valence-electron chi connectivity index (χ4n) is 1.95. The van der Waals surface area contributed by atoms with Crippen molar-refractivity contribution in [2.24, 2.45) is 0 Å². The van der Waals surface area contributed by atoms with Gasteiger partial charge in [0.2, 0.25) is 0 Å². The minimum atomic E-state index is -0.911. The third-order valence-electron chi connectivity index (χ3n) is 2.87. The molecule has 1 aromatic carbocycles. The van der Waals surface area contributed by atoms with E-state index < -0.39 is 17.8 Å². The monoisotopic (exact) mass is 328 g/mol. The number of imide groups is 1. The van der Waals surface area contributed by atoms with Gasteiger partial charge < -0.3 is 9.47 Å². The number of nitrogens with zero attached hydrogens (tertiary/aromatic N) is 1. The van der Waals surface area contributed by atoms with Gasteiger partial charge in [-0.05, 0) is 38.5 Å². The number of hydrogen-bond acceptors (Lipinski definition) is 5. The third-order valence-corrected chi connectivity index (χ3v) is 2.87. The second kappa shape index (κ2) is 7.59. The molecule has 0 radical (unpaired) electrons. The van der Waals surface area contributed by atoms with E-state index in [9.17, 15) is 9.59 Å².